The fourth-order valence-electron chi connectivity index (χ4n) is 2.73. The van der Waals surface area contributed by atoms with Gasteiger partial charge in [-0.3, -0.25) is 4.90 Å². The van der Waals surface area contributed by atoms with Crippen LogP contribution in [0.25, 0.3) is 0 Å². The normalized spacial score (nSPS) is 18.9. The molecule has 1 aromatic heterocycles. The second-order valence-corrected chi connectivity index (χ2v) is 5.63. The average Bonchev–Trinajstić information content (AvgIpc) is 2.97. The van der Waals surface area contributed by atoms with Gasteiger partial charge < -0.3 is 10.3 Å². The highest BCUT2D eigenvalue weighted by Gasteiger charge is 2.27. The zero-order valence-corrected chi connectivity index (χ0v) is 13.3. The average molecular weight is 296 g/mol. The van der Waals surface area contributed by atoms with E-state index in [-0.39, 0.29) is 0 Å². The molecule has 1 aromatic rings. The molecule has 2 heterocycles. The molecule has 1 atom stereocenters. The summed E-state index contributed by atoms with van der Waals surface area (Å²) in [6.07, 6.45) is 3.16. The Kier molecular flexibility index (Phi) is 5.45. The lowest BCUT2D eigenvalue weighted by molar-refractivity contribution is 0.232. The fourth-order valence-corrected chi connectivity index (χ4v) is 3.10. The Balaban J connectivity index is 2.13. The molecule has 20 heavy (non-hydrogen) atoms. The van der Waals surface area contributed by atoms with Crippen LogP contribution in [0.3, 0.4) is 0 Å². The van der Waals surface area contributed by atoms with E-state index < -0.39 is 0 Å². The molecule has 0 aromatic carbocycles. The Morgan fingerprint density at radius 2 is 2.20 bits per heavy atom. The molecule has 7 heteroatoms. The van der Waals surface area contributed by atoms with E-state index >= 15 is 0 Å². The van der Waals surface area contributed by atoms with Crippen molar-refractivity contribution < 1.29 is 0 Å². The van der Waals surface area contributed by atoms with Crippen molar-refractivity contribution in [2.24, 2.45) is 5.84 Å². The van der Waals surface area contributed by atoms with E-state index in [0.717, 1.165) is 37.2 Å². The summed E-state index contributed by atoms with van der Waals surface area (Å²) in [5.41, 5.74) is 2.62. The third-order valence-electron chi connectivity index (χ3n) is 3.84. The third kappa shape index (κ3) is 3.34. The molecule has 1 saturated heterocycles. The van der Waals surface area contributed by atoms with Gasteiger partial charge >= 0.3 is 0 Å². The molecule has 0 radical (unpaired) electrons. The standard InChI is InChI=1S/C13H24N6S/c1-4-18(5-2)10-6-7-19(9-10)12-8-11(17-14)15-13(16-12)20-3/h8,10H,4-7,9,14H2,1-3H3,(H,15,16,17). The Hall–Kier alpha value is -1.05. The van der Waals surface area contributed by atoms with Crippen LogP contribution in [-0.2, 0) is 0 Å². The van der Waals surface area contributed by atoms with Crippen molar-refractivity contribution in [2.75, 3.05) is 42.8 Å². The number of anilines is 2. The lowest BCUT2D eigenvalue weighted by atomic mass is 10.2. The van der Waals surface area contributed by atoms with Gasteiger partial charge in [0.25, 0.3) is 0 Å². The smallest absolute Gasteiger partial charge is 0.191 e. The molecule has 0 saturated carbocycles. The number of nitrogens with zero attached hydrogens (tertiary/aromatic N) is 4. The number of aromatic nitrogens is 2. The monoisotopic (exact) mass is 296 g/mol. The highest BCUT2D eigenvalue weighted by atomic mass is 32.2. The van der Waals surface area contributed by atoms with Crippen LogP contribution in [0.1, 0.15) is 20.3 Å². The molecule has 0 spiro atoms. The highest BCUT2D eigenvalue weighted by molar-refractivity contribution is 7.98. The number of nitrogens with one attached hydrogen (secondary N) is 1. The number of hydrogen-bond donors (Lipinski definition) is 2. The molecule has 1 unspecified atom stereocenters. The van der Waals surface area contributed by atoms with Gasteiger partial charge in [-0.1, -0.05) is 25.6 Å². The summed E-state index contributed by atoms with van der Waals surface area (Å²) in [5, 5.41) is 0.752. The van der Waals surface area contributed by atoms with Crippen LogP contribution in [0, 0.1) is 0 Å². The van der Waals surface area contributed by atoms with E-state index in [0.29, 0.717) is 11.9 Å². The molecule has 0 amide bonds. The summed E-state index contributed by atoms with van der Waals surface area (Å²) < 4.78 is 0. The lowest BCUT2D eigenvalue weighted by Gasteiger charge is -2.26. The number of thioether (sulfide) groups is 1. The van der Waals surface area contributed by atoms with Crippen molar-refractivity contribution in [1.82, 2.24) is 14.9 Å². The van der Waals surface area contributed by atoms with Gasteiger partial charge in [-0.15, -0.1) is 0 Å². The van der Waals surface area contributed by atoms with Crippen LogP contribution in [0.4, 0.5) is 11.6 Å². The van der Waals surface area contributed by atoms with Gasteiger partial charge in [0.2, 0.25) is 0 Å². The Morgan fingerprint density at radius 1 is 1.45 bits per heavy atom. The Morgan fingerprint density at radius 3 is 2.80 bits per heavy atom. The Bertz CT molecular complexity index is 415. The second kappa shape index (κ2) is 7.10. The molecular formula is C13H24N6S. The predicted octanol–water partition coefficient (Wildman–Crippen LogP) is 1.40. The maximum atomic E-state index is 5.48. The van der Waals surface area contributed by atoms with Crippen LogP contribution < -0.4 is 16.2 Å². The molecule has 0 bridgehead atoms. The number of hydrogen-bond acceptors (Lipinski definition) is 7. The van der Waals surface area contributed by atoms with Gasteiger partial charge in [-0.2, -0.15) is 0 Å². The minimum atomic E-state index is 0.618. The summed E-state index contributed by atoms with van der Waals surface area (Å²) in [5.74, 6) is 7.12. The lowest BCUT2D eigenvalue weighted by Crippen LogP contribution is -2.37. The topological polar surface area (TPSA) is 70.3 Å². The molecule has 3 N–H and O–H groups in total. The number of nitrogen functional groups attached to an aromatic ring is 1. The summed E-state index contributed by atoms with van der Waals surface area (Å²) in [6, 6.07) is 2.54. The fraction of sp³-hybridized carbons (Fsp3) is 0.692. The second-order valence-electron chi connectivity index (χ2n) is 4.85. The zero-order chi connectivity index (χ0) is 14.5. The van der Waals surface area contributed by atoms with Crippen LogP contribution >= 0.6 is 11.8 Å². The van der Waals surface area contributed by atoms with E-state index in [9.17, 15) is 0 Å². The van der Waals surface area contributed by atoms with Crippen molar-refractivity contribution in [1.29, 1.82) is 0 Å². The quantitative estimate of drug-likeness (QED) is 0.356. The van der Waals surface area contributed by atoms with Crippen LogP contribution in [-0.4, -0.2) is 53.3 Å². The highest BCUT2D eigenvalue weighted by Crippen LogP contribution is 2.25. The molecular weight excluding hydrogens is 272 g/mol. The van der Waals surface area contributed by atoms with Crippen molar-refractivity contribution >= 4 is 23.4 Å². The van der Waals surface area contributed by atoms with E-state index in [1.807, 2.05) is 12.3 Å². The molecule has 2 rings (SSSR count). The molecule has 6 nitrogen and oxygen atoms in total. The van der Waals surface area contributed by atoms with Crippen LogP contribution in [0.2, 0.25) is 0 Å². The maximum absolute atomic E-state index is 5.48. The van der Waals surface area contributed by atoms with Gasteiger partial charge in [-0.05, 0) is 25.8 Å². The first kappa shape index (κ1) is 15.3. The van der Waals surface area contributed by atoms with Gasteiger partial charge in [0.05, 0.1) is 0 Å². The number of nitrogens with two attached hydrogens (primary N) is 1. The predicted molar refractivity (Wildman–Crippen MR) is 85.2 cm³/mol. The first-order valence-electron chi connectivity index (χ1n) is 7.10. The first-order valence-corrected chi connectivity index (χ1v) is 8.32. The maximum Gasteiger partial charge on any atom is 0.191 e. The molecule has 1 fully saturated rings. The summed E-state index contributed by atoms with van der Waals surface area (Å²) >= 11 is 1.53. The van der Waals surface area contributed by atoms with Crippen LogP contribution in [0.5, 0.6) is 0 Å². The van der Waals surface area contributed by atoms with E-state index in [2.05, 4.69) is 39.0 Å². The summed E-state index contributed by atoms with van der Waals surface area (Å²) in [4.78, 5) is 13.7. The minimum Gasteiger partial charge on any atom is -0.355 e. The largest absolute Gasteiger partial charge is 0.355 e. The SMILES string of the molecule is CCN(CC)C1CCN(c2cc(NN)nc(SC)n2)C1. The van der Waals surface area contributed by atoms with Crippen molar-refractivity contribution in [3.8, 4) is 0 Å². The van der Waals surface area contributed by atoms with Crippen LogP contribution in [0.15, 0.2) is 11.2 Å². The van der Waals surface area contributed by atoms with Crippen molar-refractivity contribution in [3.63, 3.8) is 0 Å². The molecule has 112 valence electrons. The minimum absolute atomic E-state index is 0.618. The van der Waals surface area contributed by atoms with Gasteiger partial charge in [0.15, 0.2) is 5.16 Å². The summed E-state index contributed by atoms with van der Waals surface area (Å²) in [7, 11) is 0. The number of likely N-dealkylation sites (N-methyl/N-ethyl adjacent to an activating group) is 1. The molecule has 1 aliphatic heterocycles. The summed E-state index contributed by atoms with van der Waals surface area (Å²) in [6.45, 7) is 8.71. The number of rotatable bonds is 6. The van der Waals surface area contributed by atoms with Gasteiger partial charge in [0.1, 0.15) is 11.6 Å². The van der Waals surface area contributed by atoms with E-state index in [1.165, 1.54) is 18.2 Å². The van der Waals surface area contributed by atoms with Crippen molar-refractivity contribution in [2.45, 2.75) is 31.5 Å². The molecule has 0 aliphatic carbocycles. The van der Waals surface area contributed by atoms with Crippen molar-refractivity contribution in [3.05, 3.63) is 6.07 Å². The van der Waals surface area contributed by atoms with Gasteiger partial charge in [-0.25, -0.2) is 15.8 Å². The van der Waals surface area contributed by atoms with E-state index in [1.54, 1.807) is 0 Å². The first-order chi connectivity index (χ1) is 9.71. The third-order valence-corrected chi connectivity index (χ3v) is 4.39. The molecule has 1 aliphatic rings. The zero-order valence-electron chi connectivity index (χ0n) is 12.5. The van der Waals surface area contributed by atoms with E-state index in [4.69, 9.17) is 5.84 Å². The number of hydrazine groups is 1. The van der Waals surface area contributed by atoms with Gasteiger partial charge in [0, 0.05) is 25.2 Å². The Labute approximate surface area is 125 Å².